The van der Waals surface area contributed by atoms with Crippen molar-refractivity contribution in [2.24, 2.45) is 0 Å². The molecule has 0 saturated carbocycles. The molecule has 1 saturated heterocycles. The van der Waals surface area contributed by atoms with Gasteiger partial charge in [0.25, 0.3) is 0 Å². The fourth-order valence-corrected chi connectivity index (χ4v) is 1.99. The molecular weight excluding hydrogens is 121 g/mol. The quantitative estimate of drug-likeness (QED) is 0.514. The maximum absolute atomic E-state index is 2.60. The van der Waals surface area contributed by atoms with E-state index in [0.717, 1.165) is 11.9 Å². The first-order valence-corrected chi connectivity index (χ1v) is 4.48. The van der Waals surface area contributed by atoms with Gasteiger partial charge in [-0.2, -0.15) is 0 Å². The summed E-state index contributed by atoms with van der Waals surface area (Å²) in [5.41, 5.74) is 0. The Morgan fingerprint density at radius 3 is 2.70 bits per heavy atom. The van der Waals surface area contributed by atoms with Crippen molar-refractivity contribution in [2.45, 2.75) is 38.5 Å². The maximum atomic E-state index is 2.60. The van der Waals surface area contributed by atoms with Gasteiger partial charge in [0.2, 0.25) is 0 Å². The van der Waals surface area contributed by atoms with Crippen LogP contribution >= 0.6 is 0 Å². The van der Waals surface area contributed by atoms with E-state index in [1.807, 2.05) is 0 Å². The molecule has 0 spiro atoms. The molecule has 0 N–H and O–H groups in total. The minimum atomic E-state index is 0.843. The molecule has 1 rings (SSSR count). The summed E-state index contributed by atoms with van der Waals surface area (Å²) in [6, 6.07) is 0.843. The van der Waals surface area contributed by atoms with Gasteiger partial charge in [0.05, 0.1) is 0 Å². The zero-order chi connectivity index (χ0) is 7.56. The van der Waals surface area contributed by atoms with E-state index in [-0.39, 0.29) is 0 Å². The third kappa shape index (κ3) is 1.75. The van der Waals surface area contributed by atoms with E-state index in [9.17, 15) is 0 Å². The van der Waals surface area contributed by atoms with Crippen LogP contribution in [0.4, 0.5) is 0 Å². The first-order chi connectivity index (χ1) is 4.74. The van der Waals surface area contributed by atoms with Gasteiger partial charge in [-0.1, -0.05) is 12.7 Å². The lowest BCUT2D eigenvalue weighted by molar-refractivity contribution is 0.269. The van der Waals surface area contributed by atoms with Crippen LogP contribution in [-0.4, -0.2) is 31.9 Å². The Balaban J connectivity index is 2.31. The van der Waals surface area contributed by atoms with Crippen molar-refractivity contribution in [3.63, 3.8) is 0 Å². The Bertz CT molecular complexity index is 105. The molecule has 2 atom stereocenters. The van der Waals surface area contributed by atoms with Crippen LogP contribution in [0.1, 0.15) is 26.7 Å². The van der Waals surface area contributed by atoms with Crippen LogP contribution in [0.25, 0.3) is 0 Å². The summed E-state index contributed by atoms with van der Waals surface area (Å²) < 4.78 is 0. The zero-order valence-electron chi connectivity index (χ0n) is 7.43. The predicted octanol–water partition coefficient (Wildman–Crippen LogP) is 0.912. The Kier molecular flexibility index (Phi) is 2.78. The van der Waals surface area contributed by atoms with E-state index < -0.39 is 0 Å². The van der Waals surface area contributed by atoms with Crippen molar-refractivity contribution >= 4 is 7.85 Å². The smallest absolute Gasteiger partial charge is 0.107 e. The molecule has 10 heavy (non-hydrogen) atoms. The monoisotopic (exact) mass is 139 g/mol. The topological polar surface area (TPSA) is 3.24 Å². The molecule has 0 aromatic carbocycles. The summed E-state index contributed by atoms with van der Waals surface area (Å²) in [6.45, 7) is 7.23. The predicted molar refractivity (Wildman–Crippen MR) is 48.2 cm³/mol. The van der Waals surface area contributed by atoms with Crippen molar-refractivity contribution in [2.75, 3.05) is 13.1 Å². The SMILES string of the molecule is BC1CC(C)N(CCC)C1. The molecule has 1 heterocycles. The second-order valence-electron chi connectivity index (χ2n) is 3.68. The van der Waals surface area contributed by atoms with Crippen molar-refractivity contribution in [1.82, 2.24) is 4.90 Å². The van der Waals surface area contributed by atoms with Crippen LogP contribution in [0.3, 0.4) is 0 Å². The van der Waals surface area contributed by atoms with Crippen LogP contribution in [0, 0.1) is 0 Å². The van der Waals surface area contributed by atoms with Gasteiger partial charge in [0.15, 0.2) is 0 Å². The number of hydrogen-bond donors (Lipinski definition) is 0. The van der Waals surface area contributed by atoms with Crippen molar-refractivity contribution in [1.29, 1.82) is 0 Å². The number of rotatable bonds is 2. The first-order valence-electron chi connectivity index (χ1n) is 4.48. The Labute approximate surface area is 65.2 Å². The highest BCUT2D eigenvalue weighted by atomic mass is 15.2. The highest BCUT2D eigenvalue weighted by Gasteiger charge is 2.24. The summed E-state index contributed by atoms with van der Waals surface area (Å²) in [5.74, 6) is 0.932. The highest BCUT2D eigenvalue weighted by molar-refractivity contribution is 6.12. The van der Waals surface area contributed by atoms with Crippen LogP contribution in [0.15, 0.2) is 0 Å². The minimum Gasteiger partial charge on any atom is -0.301 e. The molecule has 1 nitrogen and oxygen atoms in total. The van der Waals surface area contributed by atoms with Gasteiger partial charge in [-0.3, -0.25) is 0 Å². The largest absolute Gasteiger partial charge is 0.301 e. The average molecular weight is 139 g/mol. The van der Waals surface area contributed by atoms with E-state index in [0.29, 0.717) is 0 Å². The molecular formula is C8H18BN. The van der Waals surface area contributed by atoms with Crippen molar-refractivity contribution in [3.8, 4) is 0 Å². The number of nitrogens with zero attached hydrogens (tertiary/aromatic N) is 1. The summed E-state index contributed by atoms with van der Waals surface area (Å²) in [6.07, 6.45) is 2.71. The molecule has 1 aliphatic heterocycles. The second kappa shape index (κ2) is 3.43. The summed E-state index contributed by atoms with van der Waals surface area (Å²) in [4.78, 5) is 2.60. The Morgan fingerprint density at radius 1 is 1.60 bits per heavy atom. The lowest BCUT2D eigenvalue weighted by atomic mass is 9.86. The molecule has 0 aliphatic carbocycles. The van der Waals surface area contributed by atoms with Crippen molar-refractivity contribution < 1.29 is 0 Å². The zero-order valence-corrected chi connectivity index (χ0v) is 7.43. The maximum Gasteiger partial charge on any atom is 0.107 e. The van der Waals surface area contributed by atoms with Gasteiger partial charge in [-0.05, 0) is 32.9 Å². The van der Waals surface area contributed by atoms with E-state index in [1.54, 1.807) is 0 Å². The van der Waals surface area contributed by atoms with Gasteiger partial charge in [0.1, 0.15) is 7.85 Å². The Hall–Kier alpha value is 0.0249. The number of likely N-dealkylation sites (tertiary alicyclic amines) is 1. The standard InChI is InChI=1S/C8H18BN/c1-3-4-10-6-8(9)5-7(10)2/h7-8H,3-6,9H2,1-2H3. The minimum absolute atomic E-state index is 0.843. The van der Waals surface area contributed by atoms with Crippen LogP contribution in [0.2, 0.25) is 5.82 Å². The fourth-order valence-electron chi connectivity index (χ4n) is 1.99. The Morgan fingerprint density at radius 2 is 2.30 bits per heavy atom. The van der Waals surface area contributed by atoms with Crippen LogP contribution in [0.5, 0.6) is 0 Å². The third-order valence-corrected chi connectivity index (χ3v) is 2.42. The molecule has 2 unspecified atom stereocenters. The lowest BCUT2D eigenvalue weighted by Crippen LogP contribution is -2.27. The normalized spacial score (nSPS) is 35.0. The fraction of sp³-hybridized carbons (Fsp3) is 1.00. The molecule has 0 amide bonds. The first kappa shape index (κ1) is 8.12. The molecule has 58 valence electrons. The van der Waals surface area contributed by atoms with Gasteiger partial charge >= 0.3 is 0 Å². The van der Waals surface area contributed by atoms with E-state index in [2.05, 4.69) is 26.6 Å². The summed E-state index contributed by atoms with van der Waals surface area (Å²) >= 11 is 0. The molecule has 1 fully saturated rings. The van der Waals surface area contributed by atoms with Crippen molar-refractivity contribution in [3.05, 3.63) is 0 Å². The van der Waals surface area contributed by atoms with Gasteiger partial charge in [-0.25, -0.2) is 0 Å². The van der Waals surface area contributed by atoms with Crippen LogP contribution in [-0.2, 0) is 0 Å². The molecule has 2 heteroatoms. The lowest BCUT2D eigenvalue weighted by Gasteiger charge is -2.19. The third-order valence-electron chi connectivity index (χ3n) is 2.42. The summed E-state index contributed by atoms with van der Waals surface area (Å²) in [7, 11) is 2.35. The molecule has 0 radical (unpaired) electrons. The van der Waals surface area contributed by atoms with Crippen LogP contribution < -0.4 is 0 Å². The van der Waals surface area contributed by atoms with Gasteiger partial charge in [0, 0.05) is 6.04 Å². The highest BCUT2D eigenvalue weighted by Crippen LogP contribution is 2.24. The molecule has 0 aromatic heterocycles. The number of hydrogen-bond acceptors (Lipinski definition) is 1. The average Bonchev–Trinajstić information content (AvgIpc) is 2.13. The van der Waals surface area contributed by atoms with Gasteiger partial charge < -0.3 is 4.90 Å². The second-order valence-corrected chi connectivity index (χ2v) is 3.68. The molecule has 1 aliphatic rings. The molecule has 0 aromatic rings. The van der Waals surface area contributed by atoms with E-state index in [4.69, 9.17) is 0 Å². The van der Waals surface area contributed by atoms with Gasteiger partial charge in [-0.15, -0.1) is 0 Å². The van der Waals surface area contributed by atoms with E-state index in [1.165, 1.54) is 25.9 Å². The van der Waals surface area contributed by atoms with E-state index >= 15 is 0 Å². The summed E-state index contributed by atoms with van der Waals surface area (Å²) in [5, 5.41) is 0. The molecule has 0 bridgehead atoms.